The summed E-state index contributed by atoms with van der Waals surface area (Å²) in [5, 5.41) is 0. The van der Waals surface area contributed by atoms with Crippen LogP contribution in [0, 0.1) is 6.92 Å². The third-order valence-electron chi connectivity index (χ3n) is 1.22. The minimum atomic E-state index is -3.71. The number of aryl methyl sites for hydroxylation is 1. The number of aromatic amines is 1. The molecule has 0 saturated heterocycles. The highest BCUT2D eigenvalue weighted by Gasteiger charge is 2.19. The second-order valence-electron chi connectivity index (χ2n) is 2.22. The predicted octanol–water partition coefficient (Wildman–Crippen LogP) is -0.415. The molecule has 0 aliphatic heterocycles. The Balaban J connectivity index is 3.22. The van der Waals surface area contributed by atoms with Gasteiger partial charge in [0.1, 0.15) is 0 Å². The first-order valence-corrected chi connectivity index (χ1v) is 5.52. The van der Waals surface area contributed by atoms with Crippen molar-refractivity contribution in [3.63, 3.8) is 0 Å². The van der Waals surface area contributed by atoms with E-state index < -0.39 is 14.9 Å². The Labute approximate surface area is 78.6 Å². The summed E-state index contributed by atoms with van der Waals surface area (Å²) in [6, 6.07) is 0. The van der Waals surface area contributed by atoms with Gasteiger partial charge in [-0.2, -0.15) is 0 Å². The maximum Gasteiger partial charge on any atom is 0.305 e. The molecule has 0 unspecified atom stereocenters. The molecule has 1 aromatic rings. The summed E-state index contributed by atoms with van der Waals surface area (Å²) in [5.74, 6) is 0. The standard InChI is InChI=1S/C5H8N2O4S2/c1-3-4(12-5(8)6-3)13(9,10)7-11-2/h7H,1-2H3,(H,6,8). The van der Waals surface area contributed by atoms with Crippen LogP contribution in [0.4, 0.5) is 0 Å². The highest BCUT2D eigenvalue weighted by Crippen LogP contribution is 2.14. The Bertz CT molecular complexity index is 443. The summed E-state index contributed by atoms with van der Waals surface area (Å²) >= 11 is 0.620. The molecule has 13 heavy (non-hydrogen) atoms. The molecule has 8 heteroatoms. The van der Waals surface area contributed by atoms with Crippen LogP contribution >= 0.6 is 11.3 Å². The number of hydrogen-bond acceptors (Lipinski definition) is 5. The number of hydrogen-bond donors (Lipinski definition) is 2. The summed E-state index contributed by atoms with van der Waals surface area (Å²) in [4.78, 5) is 18.8. The van der Waals surface area contributed by atoms with Gasteiger partial charge in [0.2, 0.25) is 0 Å². The fraction of sp³-hybridized carbons (Fsp3) is 0.400. The molecule has 0 fully saturated rings. The molecule has 1 rings (SSSR count). The van der Waals surface area contributed by atoms with Crippen molar-refractivity contribution in [1.82, 2.24) is 9.87 Å². The fourth-order valence-electron chi connectivity index (χ4n) is 0.794. The summed E-state index contributed by atoms with van der Waals surface area (Å²) in [7, 11) is -2.52. The van der Waals surface area contributed by atoms with Gasteiger partial charge in [0.15, 0.2) is 4.21 Å². The van der Waals surface area contributed by atoms with Gasteiger partial charge in [-0.1, -0.05) is 16.2 Å². The molecule has 1 aromatic heterocycles. The molecule has 0 spiro atoms. The van der Waals surface area contributed by atoms with Gasteiger partial charge in [0.05, 0.1) is 7.11 Å². The molecule has 0 aliphatic carbocycles. The zero-order valence-corrected chi connectivity index (χ0v) is 8.58. The van der Waals surface area contributed by atoms with Crippen LogP contribution in [0.5, 0.6) is 0 Å². The number of sulfonamides is 1. The van der Waals surface area contributed by atoms with Crippen molar-refractivity contribution in [2.24, 2.45) is 0 Å². The zero-order valence-electron chi connectivity index (χ0n) is 6.95. The van der Waals surface area contributed by atoms with Gasteiger partial charge >= 0.3 is 4.87 Å². The predicted molar refractivity (Wildman–Crippen MR) is 47.0 cm³/mol. The van der Waals surface area contributed by atoms with E-state index in [1.165, 1.54) is 14.0 Å². The van der Waals surface area contributed by atoms with E-state index in [9.17, 15) is 13.2 Å². The molecule has 74 valence electrons. The van der Waals surface area contributed by atoms with Crippen molar-refractivity contribution >= 4 is 21.4 Å². The molecule has 6 nitrogen and oxygen atoms in total. The Kier molecular flexibility index (Phi) is 2.86. The van der Waals surface area contributed by atoms with Gasteiger partial charge in [-0.15, -0.1) is 0 Å². The molecule has 0 aliphatic rings. The molecule has 2 N–H and O–H groups in total. The minimum absolute atomic E-state index is 0.0562. The molecule has 0 atom stereocenters. The summed E-state index contributed by atoms with van der Waals surface area (Å²) in [5.41, 5.74) is 0.305. The van der Waals surface area contributed by atoms with Gasteiger partial charge in [0.25, 0.3) is 10.0 Å². The molecule has 0 amide bonds. The Morgan fingerprint density at radius 2 is 2.15 bits per heavy atom. The maximum absolute atomic E-state index is 11.3. The largest absolute Gasteiger partial charge is 0.315 e. The number of thiazole rings is 1. The first kappa shape index (κ1) is 10.4. The van der Waals surface area contributed by atoms with Crippen LogP contribution in [0.25, 0.3) is 0 Å². The maximum atomic E-state index is 11.3. The van der Waals surface area contributed by atoms with E-state index in [0.717, 1.165) is 0 Å². The van der Waals surface area contributed by atoms with Crippen molar-refractivity contribution in [3.05, 3.63) is 15.4 Å². The summed E-state index contributed by atoms with van der Waals surface area (Å²) in [6.07, 6.45) is 0. The van der Waals surface area contributed by atoms with Gasteiger partial charge in [-0.05, 0) is 6.92 Å². The molecule has 0 saturated carbocycles. The Morgan fingerprint density at radius 1 is 1.54 bits per heavy atom. The van der Waals surface area contributed by atoms with Crippen LogP contribution in [-0.2, 0) is 14.9 Å². The van der Waals surface area contributed by atoms with E-state index in [2.05, 4.69) is 9.82 Å². The lowest BCUT2D eigenvalue weighted by Gasteiger charge is -2.00. The van der Waals surface area contributed by atoms with E-state index in [0.29, 0.717) is 17.0 Å². The number of rotatable bonds is 3. The topological polar surface area (TPSA) is 88.3 Å². The second-order valence-corrected chi connectivity index (χ2v) is 5.04. The third kappa shape index (κ3) is 2.15. The van der Waals surface area contributed by atoms with Gasteiger partial charge in [-0.25, -0.2) is 8.42 Å². The van der Waals surface area contributed by atoms with Crippen LogP contribution in [0.2, 0.25) is 0 Å². The lowest BCUT2D eigenvalue weighted by molar-refractivity contribution is 0.153. The van der Waals surface area contributed by atoms with Crippen molar-refractivity contribution in [2.45, 2.75) is 11.1 Å². The van der Waals surface area contributed by atoms with Gasteiger partial charge in [-0.3, -0.25) is 9.63 Å². The zero-order chi connectivity index (χ0) is 10.1. The number of aromatic nitrogens is 1. The van der Waals surface area contributed by atoms with Crippen LogP contribution < -0.4 is 9.76 Å². The first-order valence-electron chi connectivity index (χ1n) is 3.22. The van der Waals surface area contributed by atoms with Crippen LogP contribution in [0.15, 0.2) is 9.00 Å². The monoisotopic (exact) mass is 224 g/mol. The molecule has 1 heterocycles. The molecule has 0 aromatic carbocycles. The Morgan fingerprint density at radius 3 is 2.54 bits per heavy atom. The van der Waals surface area contributed by atoms with E-state index in [1.54, 1.807) is 0 Å². The van der Waals surface area contributed by atoms with Crippen molar-refractivity contribution in [1.29, 1.82) is 0 Å². The van der Waals surface area contributed by atoms with Crippen molar-refractivity contribution < 1.29 is 13.3 Å². The average Bonchev–Trinajstić information content (AvgIpc) is 2.30. The summed E-state index contributed by atoms with van der Waals surface area (Å²) in [6.45, 7) is 1.50. The van der Waals surface area contributed by atoms with Gasteiger partial charge < -0.3 is 4.98 Å². The molecular weight excluding hydrogens is 216 g/mol. The van der Waals surface area contributed by atoms with Crippen LogP contribution in [0.3, 0.4) is 0 Å². The van der Waals surface area contributed by atoms with Gasteiger partial charge in [0, 0.05) is 5.69 Å². The lowest BCUT2D eigenvalue weighted by atomic mass is 10.6. The highest BCUT2D eigenvalue weighted by atomic mass is 32.2. The second kappa shape index (κ2) is 3.58. The summed E-state index contributed by atoms with van der Waals surface area (Å²) < 4.78 is 22.5. The number of nitrogens with one attached hydrogen (secondary N) is 2. The molecule has 0 radical (unpaired) electrons. The van der Waals surface area contributed by atoms with E-state index in [4.69, 9.17) is 0 Å². The Hall–Kier alpha value is -0.700. The van der Waals surface area contributed by atoms with Crippen molar-refractivity contribution in [3.8, 4) is 0 Å². The molecular formula is C5H8N2O4S2. The normalized spacial score (nSPS) is 11.8. The van der Waals surface area contributed by atoms with E-state index >= 15 is 0 Å². The number of H-pyrrole nitrogens is 1. The van der Waals surface area contributed by atoms with Crippen molar-refractivity contribution in [2.75, 3.05) is 7.11 Å². The van der Waals surface area contributed by atoms with Crippen LogP contribution in [-0.4, -0.2) is 20.5 Å². The van der Waals surface area contributed by atoms with E-state index in [1.807, 2.05) is 4.89 Å². The molecule has 0 bridgehead atoms. The van der Waals surface area contributed by atoms with E-state index in [-0.39, 0.29) is 4.21 Å². The highest BCUT2D eigenvalue weighted by molar-refractivity contribution is 7.91. The first-order chi connectivity index (χ1) is 5.97. The third-order valence-corrected chi connectivity index (χ3v) is 4.09. The minimum Gasteiger partial charge on any atom is -0.315 e. The fourth-order valence-corrected chi connectivity index (χ4v) is 2.89. The average molecular weight is 224 g/mol. The van der Waals surface area contributed by atoms with Crippen LogP contribution in [0.1, 0.15) is 5.69 Å². The smallest absolute Gasteiger partial charge is 0.305 e. The quantitative estimate of drug-likeness (QED) is 0.683. The lowest BCUT2D eigenvalue weighted by Crippen LogP contribution is -2.22. The SMILES string of the molecule is CONS(=O)(=O)c1sc(=O)[nH]c1C.